The summed E-state index contributed by atoms with van der Waals surface area (Å²) in [5.41, 5.74) is 6.16. The van der Waals surface area contributed by atoms with Crippen molar-refractivity contribution >= 4 is 15.9 Å². The van der Waals surface area contributed by atoms with E-state index in [9.17, 15) is 4.39 Å². The summed E-state index contributed by atoms with van der Waals surface area (Å²) < 4.78 is 18.8. The van der Waals surface area contributed by atoms with Gasteiger partial charge in [0.1, 0.15) is 5.82 Å². The zero-order chi connectivity index (χ0) is 9.84. The summed E-state index contributed by atoms with van der Waals surface area (Å²) in [6.07, 6.45) is 0. The maximum Gasteiger partial charge on any atom is 0.128 e. The van der Waals surface area contributed by atoms with E-state index in [1.165, 1.54) is 13.2 Å². The molecule has 1 unspecified atom stereocenters. The second kappa shape index (κ2) is 4.69. The summed E-state index contributed by atoms with van der Waals surface area (Å²) >= 11 is 3.25. The largest absolute Gasteiger partial charge is 0.383 e. The molecule has 1 aromatic rings. The molecule has 0 saturated heterocycles. The molecule has 72 valence electrons. The van der Waals surface area contributed by atoms with E-state index < -0.39 is 6.04 Å². The van der Waals surface area contributed by atoms with Crippen LogP contribution in [0.15, 0.2) is 22.7 Å². The molecule has 0 heterocycles. The van der Waals surface area contributed by atoms with Crippen LogP contribution in [-0.4, -0.2) is 13.7 Å². The first-order valence-corrected chi connectivity index (χ1v) is 4.64. The average molecular weight is 248 g/mol. The standard InChI is InChI=1S/C9H11BrFNO/c1-13-5-9(12)7-4-6(10)2-3-8(7)11/h2-4,9H,5,12H2,1H3. The van der Waals surface area contributed by atoms with Gasteiger partial charge in [0.2, 0.25) is 0 Å². The first-order chi connectivity index (χ1) is 6.15. The maximum atomic E-state index is 13.2. The molecule has 1 aromatic carbocycles. The van der Waals surface area contributed by atoms with Crippen LogP contribution in [0.25, 0.3) is 0 Å². The molecule has 0 aliphatic rings. The van der Waals surface area contributed by atoms with Crippen LogP contribution >= 0.6 is 15.9 Å². The van der Waals surface area contributed by atoms with Crippen LogP contribution in [0.2, 0.25) is 0 Å². The molecule has 0 aromatic heterocycles. The molecule has 0 aliphatic heterocycles. The predicted molar refractivity (Wildman–Crippen MR) is 52.9 cm³/mol. The fourth-order valence-electron chi connectivity index (χ4n) is 1.07. The Morgan fingerprint density at radius 1 is 1.62 bits per heavy atom. The lowest BCUT2D eigenvalue weighted by molar-refractivity contribution is 0.179. The highest BCUT2D eigenvalue weighted by Gasteiger charge is 2.10. The van der Waals surface area contributed by atoms with Crippen molar-refractivity contribution in [3.05, 3.63) is 34.1 Å². The molecule has 2 nitrogen and oxygen atoms in total. The molecule has 1 rings (SSSR count). The van der Waals surface area contributed by atoms with Crippen molar-refractivity contribution in [2.45, 2.75) is 6.04 Å². The third-order valence-electron chi connectivity index (χ3n) is 1.70. The first-order valence-electron chi connectivity index (χ1n) is 3.84. The van der Waals surface area contributed by atoms with E-state index in [1.54, 1.807) is 12.1 Å². The van der Waals surface area contributed by atoms with Gasteiger partial charge < -0.3 is 10.5 Å². The molecule has 0 amide bonds. The van der Waals surface area contributed by atoms with Crippen LogP contribution in [0.4, 0.5) is 4.39 Å². The highest BCUT2D eigenvalue weighted by Crippen LogP contribution is 2.20. The van der Waals surface area contributed by atoms with E-state index in [2.05, 4.69) is 15.9 Å². The molecule has 0 saturated carbocycles. The first kappa shape index (κ1) is 10.6. The Labute approximate surface area is 85.0 Å². The summed E-state index contributed by atoms with van der Waals surface area (Å²) in [5.74, 6) is -0.298. The van der Waals surface area contributed by atoms with Gasteiger partial charge >= 0.3 is 0 Å². The van der Waals surface area contributed by atoms with Crippen molar-refractivity contribution in [2.75, 3.05) is 13.7 Å². The minimum Gasteiger partial charge on any atom is -0.383 e. The summed E-state index contributed by atoms with van der Waals surface area (Å²) in [5, 5.41) is 0. The van der Waals surface area contributed by atoms with Gasteiger partial charge in [0, 0.05) is 17.1 Å². The van der Waals surface area contributed by atoms with E-state index in [4.69, 9.17) is 10.5 Å². The van der Waals surface area contributed by atoms with Gasteiger partial charge in [-0.15, -0.1) is 0 Å². The number of benzene rings is 1. The molecule has 0 aliphatic carbocycles. The minimum absolute atomic E-state index is 0.298. The van der Waals surface area contributed by atoms with Crippen LogP contribution in [-0.2, 0) is 4.74 Å². The Bertz CT molecular complexity index is 293. The summed E-state index contributed by atoms with van der Waals surface area (Å²) in [7, 11) is 1.54. The lowest BCUT2D eigenvalue weighted by Crippen LogP contribution is -2.17. The fraction of sp³-hybridized carbons (Fsp3) is 0.333. The van der Waals surface area contributed by atoms with E-state index in [-0.39, 0.29) is 5.82 Å². The van der Waals surface area contributed by atoms with Gasteiger partial charge in [-0.3, -0.25) is 0 Å². The van der Waals surface area contributed by atoms with Crippen molar-refractivity contribution in [2.24, 2.45) is 5.73 Å². The Morgan fingerprint density at radius 2 is 2.31 bits per heavy atom. The molecule has 1 atom stereocenters. The Balaban J connectivity index is 2.91. The lowest BCUT2D eigenvalue weighted by Gasteiger charge is -2.11. The Hall–Kier alpha value is -0.450. The van der Waals surface area contributed by atoms with E-state index >= 15 is 0 Å². The SMILES string of the molecule is COCC(N)c1cc(Br)ccc1F. The number of hydrogen-bond acceptors (Lipinski definition) is 2. The fourth-order valence-corrected chi connectivity index (χ4v) is 1.45. The maximum absolute atomic E-state index is 13.2. The number of halogens is 2. The molecule has 0 bridgehead atoms. The van der Waals surface area contributed by atoms with Crippen molar-refractivity contribution in [3.8, 4) is 0 Å². The summed E-state index contributed by atoms with van der Waals surface area (Å²) in [6.45, 7) is 0.313. The third kappa shape index (κ3) is 2.76. The van der Waals surface area contributed by atoms with Crippen molar-refractivity contribution < 1.29 is 9.13 Å². The van der Waals surface area contributed by atoms with Crippen molar-refractivity contribution in [1.82, 2.24) is 0 Å². The number of hydrogen-bond donors (Lipinski definition) is 1. The highest BCUT2D eigenvalue weighted by atomic mass is 79.9. The van der Waals surface area contributed by atoms with E-state index in [0.29, 0.717) is 12.2 Å². The lowest BCUT2D eigenvalue weighted by atomic mass is 10.1. The number of rotatable bonds is 3. The van der Waals surface area contributed by atoms with Gasteiger partial charge in [-0.1, -0.05) is 15.9 Å². The molecule has 2 N–H and O–H groups in total. The van der Waals surface area contributed by atoms with Gasteiger partial charge in [-0.2, -0.15) is 0 Å². The average Bonchev–Trinajstić information content (AvgIpc) is 2.09. The molecule has 4 heteroatoms. The van der Waals surface area contributed by atoms with Gasteiger partial charge in [0.05, 0.1) is 12.6 Å². The minimum atomic E-state index is -0.414. The summed E-state index contributed by atoms with van der Waals surface area (Å²) in [6, 6.07) is 4.27. The zero-order valence-electron chi connectivity index (χ0n) is 7.26. The predicted octanol–water partition coefficient (Wildman–Crippen LogP) is 2.23. The molecular weight excluding hydrogens is 237 g/mol. The van der Waals surface area contributed by atoms with Gasteiger partial charge in [0.15, 0.2) is 0 Å². The number of methoxy groups -OCH3 is 1. The van der Waals surface area contributed by atoms with E-state index in [1.807, 2.05) is 0 Å². The van der Waals surface area contributed by atoms with Crippen LogP contribution < -0.4 is 5.73 Å². The normalized spacial score (nSPS) is 12.9. The van der Waals surface area contributed by atoms with Crippen LogP contribution in [0, 0.1) is 5.82 Å². The van der Waals surface area contributed by atoms with Crippen LogP contribution in [0.5, 0.6) is 0 Å². The third-order valence-corrected chi connectivity index (χ3v) is 2.20. The van der Waals surface area contributed by atoms with Crippen LogP contribution in [0.3, 0.4) is 0 Å². The van der Waals surface area contributed by atoms with Crippen molar-refractivity contribution in [1.29, 1.82) is 0 Å². The van der Waals surface area contributed by atoms with Crippen LogP contribution in [0.1, 0.15) is 11.6 Å². The zero-order valence-corrected chi connectivity index (χ0v) is 8.84. The smallest absolute Gasteiger partial charge is 0.128 e. The number of nitrogens with two attached hydrogens (primary N) is 1. The second-order valence-corrected chi connectivity index (χ2v) is 3.64. The molecule has 0 fully saturated rings. The van der Waals surface area contributed by atoms with Gasteiger partial charge in [-0.05, 0) is 18.2 Å². The Kier molecular flexibility index (Phi) is 3.84. The molecular formula is C9H11BrFNO. The topological polar surface area (TPSA) is 35.2 Å². The van der Waals surface area contributed by atoms with E-state index in [0.717, 1.165) is 4.47 Å². The molecule has 0 radical (unpaired) electrons. The molecule has 0 spiro atoms. The summed E-state index contributed by atoms with van der Waals surface area (Å²) in [4.78, 5) is 0. The van der Waals surface area contributed by atoms with Gasteiger partial charge in [0.25, 0.3) is 0 Å². The quantitative estimate of drug-likeness (QED) is 0.890. The second-order valence-electron chi connectivity index (χ2n) is 2.73. The number of ether oxygens (including phenoxy) is 1. The van der Waals surface area contributed by atoms with Gasteiger partial charge in [-0.25, -0.2) is 4.39 Å². The monoisotopic (exact) mass is 247 g/mol. The highest BCUT2D eigenvalue weighted by molar-refractivity contribution is 9.10. The Morgan fingerprint density at radius 3 is 2.92 bits per heavy atom. The molecule has 13 heavy (non-hydrogen) atoms. The van der Waals surface area contributed by atoms with Crippen molar-refractivity contribution in [3.63, 3.8) is 0 Å².